The summed E-state index contributed by atoms with van der Waals surface area (Å²) in [6.07, 6.45) is 0.986. The Balaban J connectivity index is 2.48. The van der Waals surface area contributed by atoms with Crippen LogP contribution in [0.2, 0.25) is 0 Å². The molecule has 13 heavy (non-hydrogen) atoms. The van der Waals surface area contributed by atoms with E-state index in [2.05, 4.69) is 22.4 Å². The molecule has 4 heteroatoms. The molecule has 0 aliphatic carbocycles. The van der Waals surface area contributed by atoms with Crippen molar-refractivity contribution in [3.05, 3.63) is 17.8 Å². The fraction of sp³-hybridized carbons (Fsp3) is 0.556. The van der Waals surface area contributed by atoms with Gasteiger partial charge in [0.1, 0.15) is 0 Å². The Morgan fingerprint density at radius 3 is 2.77 bits per heavy atom. The molecule has 1 heterocycles. The lowest BCUT2D eigenvalue weighted by Gasteiger charge is -2.02. The van der Waals surface area contributed by atoms with Crippen LogP contribution in [-0.4, -0.2) is 23.9 Å². The molecule has 0 atom stereocenters. The van der Waals surface area contributed by atoms with Crippen molar-refractivity contribution in [2.45, 2.75) is 19.9 Å². The highest BCUT2D eigenvalue weighted by Gasteiger charge is 1.96. The van der Waals surface area contributed by atoms with E-state index in [1.54, 1.807) is 0 Å². The maximum Gasteiger partial charge on any atom is 0.233 e. The third-order valence-electron chi connectivity index (χ3n) is 1.51. The molecule has 0 saturated carbocycles. The standard InChI is InChI=1S/C9H15N3O/c1-3-6-13-9-5-4-8(7-10-2)11-12-9/h4-5,10H,3,6-7H2,1-2H3. The lowest BCUT2D eigenvalue weighted by molar-refractivity contribution is 0.301. The van der Waals surface area contributed by atoms with E-state index in [9.17, 15) is 0 Å². The van der Waals surface area contributed by atoms with Gasteiger partial charge < -0.3 is 10.1 Å². The molecule has 0 fully saturated rings. The normalized spacial score (nSPS) is 10.0. The van der Waals surface area contributed by atoms with Crippen molar-refractivity contribution in [1.82, 2.24) is 15.5 Å². The first-order chi connectivity index (χ1) is 6.36. The molecule has 0 unspecified atom stereocenters. The van der Waals surface area contributed by atoms with Gasteiger partial charge in [-0.1, -0.05) is 6.92 Å². The van der Waals surface area contributed by atoms with E-state index in [0.717, 1.165) is 18.7 Å². The predicted molar refractivity (Wildman–Crippen MR) is 50.6 cm³/mol. The monoisotopic (exact) mass is 181 g/mol. The first-order valence-electron chi connectivity index (χ1n) is 4.46. The molecule has 72 valence electrons. The lowest BCUT2D eigenvalue weighted by atomic mass is 10.4. The zero-order valence-electron chi connectivity index (χ0n) is 8.08. The minimum Gasteiger partial charge on any atom is -0.477 e. The number of hydrogen-bond acceptors (Lipinski definition) is 4. The van der Waals surface area contributed by atoms with Crippen LogP contribution >= 0.6 is 0 Å². The maximum absolute atomic E-state index is 5.29. The fourth-order valence-electron chi connectivity index (χ4n) is 0.907. The van der Waals surface area contributed by atoms with Crippen molar-refractivity contribution in [2.75, 3.05) is 13.7 Å². The molecule has 1 aromatic heterocycles. The van der Waals surface area contributed by atoms with Gasteiger partial charge in [-0.15, -0.1) is 5.10 Å². The average molecular weight is 181 g/mol. The Morgan fingerprint density at radius 2 is 2.23 bits per heavy atom. The summed E-state index contributed by atoms with van der Waals surface area (Å²) in [6.45, 7) is 3.49. The van der Waals surface area contributed by atoms with Gasteiger partial charge >= 0.3 is 0 Å². The van der Waals surface area contributed by atoms with Crippen molar-refractivity contribution in [2.24, 2.45) is 0 Å². The summed E-state index contributed by atoms with van der Waals surface area (Å²) in [7, 11) is 1.88. The van der Waals surface area contributed by atoms with Crippen LogP contribution in [0.15, 0.2) is 12.1 Å². The highest BCUT2D eigenvalue weighted by Crippen LogP contribution is 2.04. The summed E-state index contributed by atoms with van der Waals surface area (Å²) >= 11 is 0. The van der Waals surface area contributed by atoms with Gasteiger partial charge in [-0.3, -0.25) is 0 Å². The lowest BCUT2D eigenvalue weighted by Crippen LogP contribution is -2.08. The zero-order chi connectivity index (χ0) is 9.52. The molecule has 1 rings (SSSR count). The topological polar surface area (TPSA) is 47.0 Å². The van der Waals surface area contributed by atoms with E-state index in [4.69, 9.17) is 4.74 Å². The first-order valence-corrected chi connectivity index (χ1v) is 4.46. The van der Waals surface area contributed by atoms with Gasteiger partial charge in [0.2, 0.25) is 5.88 Å². The quantitative estimate of drug-likeness (QED) is 0.735. The summed E-state index contributed by atoms with van der Waals surface area (Å²) in [5.74, 6) is 0.599. The van der Waals surface area contributed by atoms with Crippen LogP contribution < -0.4 is 10.1 Å². The SMILES string of the molecule is CCCOc1ccc(CNC)nn1. The molecule has 4 nitrogen and oxygen atoms in total. The van der Waals surface area contributed by atoms with Gasteiger partial charge in [-0.05, 0) is 19.5 Å². The van der Waals surface area contributed by atoms with Gasteiger partial charge in [-0.2, -0.15) is 5.10 Å². The molecule has 0 amide bonds. The number of nitrogens with zero attached hydrogens (tertiary/aromatic N) is 2. The highest BCUT2D eigenvalue weighted by molar-refractivity contribution is 5.11. The average Bonchev–Trinajstić information content (AvgIpc) is 2.17. The van der Waals surface area contributed by atoms with E-state index < -0.39 is 0 Å². The molecule has 0 saturated heterocycles. The fourth-order valence-corrected chi connectivity index (χ4v) is 0.907. The van der Waals surface area contributed by atoms with Crippen LogP contribution in [0.25, 0.3) is 0 Å². The Morgan fingerprint density at radius 1 is 1.38 bits per heavy atom. The molecule has 0 bridgehead atoms. The minimum absolute atomic E-state index is 0.599. The highest BCUT2D eigenvalue weighted by atomic mass is 16.5. The maximum atomic E-state index is 5.29. The van der Waals surface area contributed by atoms with Gasteiger partial charge in [0.15, 0.2) is 0 Å². The van der Waals surface area contributed by atoms with E-state index >= 15 is 0 Å². The zero-order valence-corrected chi connectivity index (χ0v) is 8.08. The van der Waals surface area contributed by atoms with E-state index in [1.807, 2.05) is 19.2 Å². The number of hydrogen-bond donors (Lipinski definition) is 1. The summed E-state index contributed by atoms with van der Waals surface area (Å²) < 4.78 is 5.29. The van der Waals surface area contributed by atoms with Crippen molar-refractivity contribution in [1.29, 1.82) is 0 Å². The van der Waals surface area contributed by atoms with Crippen LogP contribution in [0.1, 0.15) is 19.0 Å². The van der Waals surface area contributed by atoms with E-state index in [1.165, 1.54) is 0 Å². The summed E-state index contributed by atoms with van der Waals surface area (Å²) in [5, 5.41) is 10.9. The first kappa shape index (κ1) is 9.92. The van der Waals surface area contributed by atoms with Crippen LogP contribution in [0.4, 0.5) is 0 Å². The van der Waals surface area contributed by atoms with Gasteiger partial charge in [0, 0.05) is 12.6 Å². The van der Waals surface area contributed by atoms with Crippen LogP contribution in [0.5, 0.6) is 5.88 Å². The third kappa shape index (κ3) is 3.38. The second-order valence-corrected chi connectivity index (χ2v) is 2.74. The Bertz CT molecular complexity index is 235. The Kier molecular flexibility index (Phi) is 4.18. The summed E-state index contributed by atoms with van der Waals surface area (Å²) in [5.41, 5.74) is 0.923. The second-order valence-electron chi connectivity index (χ2n) is 2.74. The summed E-state index contributed by atoms with van der Waals surface area (Å²) in [6, 6.07) is 3.75. The van der Waals surface area contributed by atoms with E-state index in [-0.39, 0.29) is 0 Å². The number of aromatic nitrogens is 2. The van der Waals surface area contributed by atoms with Crippen LogP contribution in [0.3, 0.4) is 0 Å². The Hall–Kier alpha value is -1.16. The minimum atomic E-state index is 0.599. The van der Waals surface area contributed by atoms with Crippen molar-refractivity contribution >= 4 is 0 Å². The molecule has 0 aliphatic rings. The van der Waals surface area contributed by atoms with E-state index in [0.29, 0.717) is 12.5 Å². The predicted octanol–water partition coefficient (Wildman–Crippen LogP) is 0.985. The van der Waals surface area contributed by atoms with Crippen LogP contribution in [-0.2, 0) is 6.54 Å². The molecular weight excluding hydrogens is 166 g/mol. The third-order valence-corrected chi connectivity index (χ3v) is 1.51. The Labute approximate surface area is 78.3 Å². The molecule has 0 aliphatic heterocycles. The second kappa shape index (κ2) is 5.48. The number of nitrogens with one attached hydrogen (secondary N) is 1. The molecular formula is C9H15N3O. The molecule has 1 aromatic rings. The van der Waals surface area contributed by atoms with Crippen molar-refractivity contribution < 1.29 is 4.74 Å². The van der Waals surface area contributed by atoms with Crippen molar-refractivity contribution in [3.63, 3.8) is 0 Å². The molecule has 0 spiro atoms. The number of ether oxygens (including phenoxy) is 1. The van der Waals surface area contributed by atoms with Gasteiger partial charge in [-0.25, -0.2) is 0 Å². The smallest absolute Gasteiger partial charge is 0.233 e. The molecule has 0 aromatic carbocycles. The van der Waals surface area contributed by atoms with Crippen LogP contribution in [0, 0.1) is 0 Å². The van der Waals surface area contributed by atoms with Crippen molar-refractivity contribution in [3.8, 4) is 5.88 Å². The summed E-state index contributed by atoms with van der Waals surface area (Å²) in [4.78, 5) is 0. The van der Waals surface area contributed by atoms with Gasteiger partial charge in [0.05, 0.1) is 12.3 Å². The number of rotatable bonds is 5. The molecule has 0 radical (unpaired) electrons. The van der Waals surface area contributed by atoms with Gasteiger partial charge in [0.25, 0.3) is 0 Å². The largest absolute Gasteiger partial charge is 0.477 e. The molecule has 1 N–H and O–H groups in total.